The van der Waals surface area contributed by atoms with Gasteiger partial charge in [0.2, 0.25) is 11.8 Å². The van der Waals surface area contributed by atoms with Crippen molar-refractivity contribution in [2.24, 2.45) is 5.41 Å². The third kappa shape index (κ3) is 2.25. The number of alkyl halides is 3. The molecule has 2 unspecified atom stereocenters. The molecule has 0 aromatic heterocycles. The number of hydrogen-bond acceptors (Lipinski definition) is 3. The summed E-state index contributed by atoms with van der Waals surface area (Å²) in [6, 6.07) is -0.785. The Morgan fingerprint density at radius 1 is 1.40 bits per heavy atom. The Bertz CT molecular complexity index is 405. The van der Waals surface area contributed by atoms with Crippen molar-refractivity contribution in [3.8, 4) is 0 Å². The number of amides is 2. The molecular formula is C12H18F3N3O2. The van der Waals surface area contributed by atoms with Gasteiger partial charge in [0.15, 0.2) is 5.41 Å². The predicted molar refractivity (Wildman–Crippen MR) is 64.8 cm³/mol. The minimum atomic E-state index is -4.61. The van der Waals surface area contributed by atoms with E-state index in [9.17, 15) is 22.8 Å². The number of nitrogens with zero attached hydrogens (tertiary/aromatic N) is 1. The van der Waals surface area contributed by atoms with Gasteiger partial charge in [0.25, 0.3) is 0 Å². The average Bonchev–Trinajstić information content (AvgIpc) is 3.05. The molecule has 8 heteroatoms. The van der Waals surface area contributed by atoms with E-state index in [4.69, 9.17) is 0 Å². The largest absolute Gasteiger partial charge is 0.404 e. The van der Waals surface area contributed by atoms with Crippen LogP contribution in [-0.2, 0) is 9.59 Å². The van der Waals surface area contributed by atoms with Gasteiger partial charge in [0.1, 0.15) is 6.04 Å². The number of likely N-dealkylation sites (tertiary alicyclic amines) is 1. The molecule has 0 aromatic rings. The van der Waals surface area contributed by atoms with E-state index in [1.165, 1.54) is 7.05 Å². The lowest BCUT2D eigenvalue weighted by Gasteiger charge is -2.35. The number of carbonyl (C=O) groups excluding carboxylic acids is 2. The molecule has 114 valence electrons. The van der Waals surface area contributed by atoms with Gasteiger partial charge in [-0.3, -0.25) is 9.59 Å². The molecule has 0 bridgehead atoms. The monoisotopic (exact) mass is 293 g/mol. The van der Waals surface area contributed by atoms with Crippen LogP contribution in [0.25, 0.3) is 0 Å². The molecule has 20 heavy (non-hydrogen) atoms. The van der Waals surface area contributed by atoms with Crippen molar-refractivity contribution in [2.75, 3.05) is 26.7 Å². The molecule has 2 rings (SSSR count). The van der Waals surface area contributed by atoms with E-state index in [-0.39, 0.29) is 19.5 Å². The molecule has 0 saturated carbocycles. The lowest BCUT2D eigenvalue weighted by molar-refractivity contribution is -0.222. The highest BCUT2D eigenvalue weighted by molar-refractivity contribution is 5.91. The third-order valence-electron chi connectivity index (χ3n) is 4.17. The minimum Gasteiger partial charge on any atom is -0.357 e. The number of likely N-dealkylation sites (N-methyl/N-ethyl adjacent to an activating group) is 1. The van der Waals surface area contributed by atoms with Crippen molar-refractivity contribution in [1.29, 1.82) is 0 Å². The fraction of sp³-hybridized carbons (Fsp3) is 0.833. The Morgan fingerprint density at radius 2 is 2.10 bits per heavy atom. The molecule has 2 saturated heterocycles. The van der Waals surface area contributed by atoms with Crippen LogP contribution in [0.15, 0.2) is 0 Å². The van der Waals surface area contributed by atoms with Crippen molar-refractivity contribution in [3.05, 3.63) is 0 Å². The molecule has 2 fully saturated rings. The Kier molecular flexibility index (Phi) is 3.95. The van der Waals surface area contributed by atoms with Crippen LogP contribution in [0.5, 0.6) is 0 Å². The average molecular weight is 293 g/mol. The summed E-state index contributed by atoms with van der Waals surface area (Å²) in [5, 5.41) is 5.02. The summed E-state index contributed by atoms with van der Waals surface area (Å²) in [7, 11) is 1.42. The fourth-order valence-electron chi connectivity index (χ4n) is 2.96. The van der Waals surface area contributed by atoms with Gasteiger partial charge in [-0.2, -0.15) is 13.2 Å². The highest BCUT2D eigenvalue weighted by Crippen LogP contribution is 2.45. The molecule has 0 aromatic carbocycles. The number of rotatable bonds is 2. The predicted octanol–water partition coefficient (Wildman–Crippen LogP) is 0.265. The first kappa shape index (κ1) is 15.1. The highest BCUT2D eigenvalue weighted by atomic mass is 19.4. The maximum Gasteiger partial charge on any atom is 0.404 e. The second-order valence-electron chi connectivity index (χ2n) is 5.28. The fourth-order valence-corrected chi connectivity index (χ4v) is 2.96. The summed E-state index contributed by atoms with van der Waals surface area (Å²) in [5.41, 5.74) is -2.39. The second kappa shape index (κ2) is 5.23. The number of nitrogens with one attached hydrogen (secondary N) is 2. The van der Waals surface area contributed by atoms with Crippen LogP contribution in [0, 0.1) is 5.41 Å². The van der Waals surface area contributed by atoms with Crippen molar-refractivity contribution >= 4 is 11.8 Å². The Hall–Kier alpha value is -1.31. The lowest BCUT2D eigenvalue weighted by atomic mass is 9.84. The van der Waals surface area contributed by atoms with Crippen molar-refractivity contribution < 1.29 is 22.8 Å². The lowest BCUT2D eigenvalue weighted by Crippen LogP contribution is -2.56. The molecule has 2 aliphatic rings. The molecule has 0 spiro atoms. The van der Waals surface area contributed by atoms with Crippen molar-refractivity contribution in [2.45, 2.75) is 31.5 Å². The summed E-state index contributed by atoms with van der Waals surface area (Å²) in [6.45, 7) is -0.0508. The molecule has 2 N–H and O–H groups in total. The molecular weight excluding hydrogens is 275 g/mol. The van der Waals surface area contributed by atoms with E-state index in [1.807, 2.05) is 0 Å². The molecule has 2 amide bonds. The van der Waals surface area contributed by atoms with Crippen LogP contribution >= 0.6 is 0 Å². The number of halogens is 3. The summed E-state index contributed by atoms with van der Waals surface area (Å²) < 4.78 is 40.0. The third-order valence-corrected chi connectivity index (χ3v) is 4.17. The van der Waals surface area contributed by atoms with E-state index >= 15 is 0 Å². The molecule has 0 aliphatic carbocycles. The van der Waals surface area contributed by atoms with Gasteiger partial charge in [0, 0.05) is 20.1 Å². The summed E-state index contributed by atoms with van der Waals surface area (Å²) in [5.74, 6) is -1.37. The van der Waals surface area contributed by atoms with Crippen LogP contribution in [0.3, 0.4) is 0 Å². The molecule has 2 atom stereocenters. The summed E-state index contributed by atoms with van der Waals surface area (Å²) >= 11 is 0. The first-order valence-corrected chi connectivity index (χ1v) is 6.63. The number of hydrogen-bond donors (Lipinski definition) is 2. The molecule has 2 heterocycles. The molecule has 5 nitrogen and oxygen atoms in total. The van der Waals surface area contributed by atoms with E-state index in [0.29, 0.717) is 12.8 Å². The highest BCUT2D eigenvalue weighted by Gasteiger charge is 2.63. The van der Waals surface area contributed by atoms with E-state index in [0.717, 1.165) is 4.90 Å². The molecule has 2 aliphatic heterocycles. The van der Waals surface area contributed by atoms with Crippen LogP contribution in [0.2, 0.25) is 0 Å². The summed E-state index contributed by atoms with van der Waals surface area (Å²) in [4.78, 5) is 25.2. The van der Waals surface area contributed by atoms with Crippen LogP contribution < -0.4 is 10.6 Å². The van der Waals surface area contributed by atoms with E-state index in [1.54, 1.807) is 0 Å². The van der Waals surface area contributed by atoms with Gasteiger partial charge in [-0.05, 0) is 25.8 Å². The maximum atomic E-state index is 13.3. The maximum absolute atomic E-state index is 13.3. The SMILES string of the molecule is CNC(=O)C1CCCN1C(=O)C1(C(F)(F)F)CCNC1. The van der Waals surface area contributed by atoms with Crippen LogP contribution in [-0.4, -0.2) is 55.6 Å². The van der Waals surface area contributed by atoms with Crippen LogP contribution in [0.4, 0.5) is 13.2 Å². The van der Waals surface area contributed by atoms with Gasteiger partial charge < -0.3 is 15.5 Å². The van der Waals surface area contributed by atoms with E-state index < -0.39 is 36.0 Å². The van der Waals surface area contributed by atoms with Gasteiger partial charge in [-0.15, -0.1) is 0 Å². The Balaban J connectivity index is 2.26. The van der Waals surface area contributed by atoms with Gasteiger partial charge in [-0.25, -0.2) is 0 Å². The van der Waals surface area contributed by atoms with Gasteiger partial charge in [0.05, 0.1) is 0 Å². The van der Waals surface area contributed by atoms with Crippen molar-refractivity contribution in [1.82, 2.24) is 15.5 Å². The van der Waals surface area contributed by atoms with Gasteiger partial charge >= 0.3 is 6.18 Å². The minimum absolute atomic E-state index is 0.156. The zero-order valence-electron chi connectivity index (χ0n) is 11.2. The van der Waals surface area contributed by atoms with E-state index in [2.05, 4.69) is 10.6 Å². The topological polar surface area (TPSA) is 61.4 Å². The first-order valence-electron chi connectivity index (χ1n) is 6.63. The normalized spacial score (nSPS) is 30.6. The molecule has 0 radical (unpaired) electrons. The van der Waals surface area contributed by atoms with Crippen molar-refractivity contribution in [3.63, 3.8) is 0 Å². The Morgan fingerprint density at radius 3 is 2.60 bits per heavy atom. The van der Waals surface area contributed by atoms with Crippen LogP contribution in [0.1, 0.15) is 19.3 Å². The first-order chi connectivity index (χ1) is 9.33. The van der Waals surface area contributed by atoms with Gasteiger partial charge in [-0.1, -0.05) is 0 Å². The quantitative estimate of drug-likeness (QED) is 0.768. The summed E-state index contributed by atoms with van der Waals surface area (Å²) in [6.07, 6.45) is -3.92. The Labute approximate surface area is 114 Å². The standard InChI is InChI=1S/C12H18F3N3O2/c1-16-9(19)8-3-2-6-18(8)10(20)11(12(13,14)15)4-5-17-7-11/h8,17H,2-7H2,1H3,(H,16,19). The second-order valence-corrected chi connectivity index (χ2v) is 5.28. The zero-order valence-corrected chi connectivity index (χ0v) is 11.2. The zero-order chi connectivity index (χ0) is 15.0. The number of carbonyl (C=O) groups is 2. The smallest absolute Gasteiger partial charge is 0.357 e.